The molecule has 0 radical (unpaired) electrons. The number of nitrogens with one attached hydrogen (secondary N) is 1. The van der Waals surface area contributed by atoms with E-state index < -0.39 is 0 Å². The number of aromatic nitrogens is 1. The smallest absolute Gasteiger partial charge is 0.0992 e. The van der Waals surface area contributed by atoms with Gasteiger partial charge < -0.3 is 5.32 Å². The van der Waals surface area contributed by atoms with Crippen LogP contribution in [0.4, 0.5) is 5.69 Å². The van der Waals surface area contributed by atoms with Crippen LogP contribution in [0.1, 0.15) is 11.1 Å². The topological polar surface area (TPSA) is 48.7 Å². The van der Waals surface area contributed by atoms with Crippen molar-refractivity contribution in [1.82, 2.24) is 4.98 Å². The van der Waals surface area contributed by atoms with Crippen LogP contribution in [-0.4, -0.2) is 11.5 Å². The average Bonchev–Trinajstić information content (AvgIpc) is 2.40. The lowest BCUT2D eigenvalue weighted by molar-refractivity contribution is 1.01. The average molecular weight is 223 g/mol. The zero-order valence-electron chi connectivity index (χ0n) is 9.43. The highest BCUT2D eigenvalue weighted by Gasteiger charge is 1.95. The number of nitrogens with zero attached hydrogens (tertiary/aromatic N) is 2. The van der Waals surface area contributed by atoms with Gasteiger partial charge in [0, 0.05) is 24.6 Å². The molecule has 0 saturated carbocycles. The van der Waals surface area contributed by atoms with Gasteiger partial charge >= 0.3 is 0 Å². The van der Waals surface area contributed by atoms with Crippen LogP contribution < -0.4 is 5.32 Å². The Hall–Kier alpha value is -2.34. The standard InChI is InChI=1S/C14H13N3/c15-11-13-2-1-3-14(10-13)17-9-6-12-4-7-16-8-5-12/h1-5,7-8,10,17H,6,9H2. The summed E-state index contributed by atoms with van der Waals surface area (Å²) >= 11 is 0. The van der Waals surface area contributed by atoms with Crippen molar-refractivity contribution in [3.05, 3.63) is 59.9 Å². The minimum atomic E-state index is 0.680. The van der Waals surface area contributed by atoms with E-state index >= 15 is 0 Å². The third-order valence-electron chi connectivity index (χ3n) is 2.48. The molecule has 1 aromatic carbocycles. The second-order valence-corrected chi connectivity index (χ2v) is 3.72. The predicted molar refractivity (Wildman–Crippen MR) is 67.6 cm³/mol. The minimum absolute atomic E-state index is 0.680. The van der Waals surface area contributed by atoms with E-state index in [-0.39, 0.29) is 0 Å². The third kappa shape index (κ3) is 3.32. The van der Waals surface area contributed by atoms with Gasteiger partial charge in [0.15, 0.2) is 0 Å². The van der Waals surface area contributed by atoms with Crippen LogP contribution in [0, 0.1) is 11.3 Å². The van der Waals surface area contributed by atoms with Crippen LogP contribution in [0.25, 0.3) is 0 Å². The summed E-state index contributed by atoms with van der Waals surface area (Å²) in [7, 11) is 0. The Bertz CT molecular complexity index is 514. The van der Waals surface area contributed by atoms with Gasteiger partial charge in [-0.3, -0.25) is 4.98 Å². The molecule has 1 heterocycles. The summed E-state index contributed by atoms with van der Waals surface area (Å²) in [6.07, 6.45) is 4.54. The summed E-state index contributed by atoms with van der Waals surface area (Å²) in [5.41, 5.74) is 2.92. The van der Waals surface area contributed by atoms with Crippen molar-refractivity contribution in [2.45, 2.75) is 6.42 Å². The fourth-order valence-electron chi connectivity index (χ4n) is 1.60. The van der Waals surface area contributed by atoms with E-state index in [1.807, 2.05) is 30.3 Å². The van der Waals surface area contributed by atoms with Crippen LogP contribution in [0.5, 0.6) is 0 Å². The zero-order valence-corrected chi connectivity index (χ0v) is 9.43. The van der Waals surface area contributed by atoms with Crippen molar-refractivity contribution < 1.29 is 0 Å². The molecule has 1 N–H and O–H groups in total. The lowest BCUT2D eigenvalue weighted by atomic mass is 10.2. The first-order chi connectivity index (χ1) is 8.38. The fourth-order valence-corrected chi connectivity index (χ4v) is 1.60. The fraction of sp³-hybridized carbons (Fsp3) is 0.143. The molecule has 0 atom stereocenters. The third-order valence-corrected chi connectivity index (χ3v) is 2.48. The Labute approximate surface area is 101 Å². The van der Waals surface area contributed by atoms with Crippen molar-refractivity contribution in [1.29, 1.82) is 5.26 Å². The van der Waals surface area contributed by atoms with Gasteiger partial charge in [-0.2, -0.15) is 5.26 Å². The second kappa shape index (κ2) is 5.66. The molecule has 1 aromatic heterocycles. The number of hydrogen-bond acceptors (Lipinski definition) is 3. The molecule has 0 spiro atoms. The van der Waals surface area contributed by atoms with E-state index in [1.54, 1.807) is 18.5 Å². The van der Waals surface area contributed by atoms with Crippen molar-refractivity contribution >= 4 is 5.69 Å². The van der Waals surface area contributed by atoms with Gasteiger partial charge in [-0.05, 0) is 42.3 Å². The highest BCUT2D eigenvalue weighted by atomic mass is 14.9. The number of anilines is 1. The largest absolute Gasteiger partial charge is 0.385 e. The Morgan fingerprint density at radius 1 is 1.18 bits per heavy atom. The van der Waals surface area contributed by atoms with E-state index in [2.05, 4.69) is 16.4 Å². The van der Waals surface area contributed by atoms with Gasteiger partial charge in [-0.1, -0.05) is 6.07 Å². The van der Waals surface area contributed by atoms with Gasteiger partial charge in [0.2, 0.25) is 0 Å². The van der Waals surface area contributed by atoms with Crippen molar-refractivity contribution in [3.63, 3.8) is 0 Å². The van der Waals surface area contributed by atoms with Crippen LogP contribution in [0.15, 0.2) is 48.8 Å². The zero-order chi connectivity index (χ0) is 11.9. The van der Waals surface area contributed by atoms with Gasteiger partial charge in [0.1, 0.15) is 0 Å². The number of hydrogen-bond donors (Lipinski definition) is 1. The van der Waals surface area contributed by atoms with Gasteiger partial charge in [-0.25, -0.2) is 0 Å². The van der Waals surface area contributed by atoms with Gasteiger partial charge in [0.25, 0.3) is 0 Å². The molecule has 2 rings (SSSR count). The quantitative estimate of drug-likeness (QED) is 0.866. The summed E-state index contributed by atoms with van der Waals surface area (Å²) < 4.78 is 0. The molecule has 17 heavy (non-hydrogen) atoms. The number of benzene rings is 1. The summed E-state index contributed by atoms with van der Waals surface area (Å²) in [6.45, 7) is 0.846. The molecule has 0 aliphatic rings. The molecule has 0 aliphatic carbocycles. The first-order valence-corrected chi connectivity index (χ1v) is 5.51. The van der Waals surface area contributed by atoms with Crippen LogP contribution >= 0.6 is 0 Å². The molecule has 0 unspecified atom stereocenters. The monoisotopic (exact) mass is 223 g/mol. The maximum atomic E-state index is 8.78. The molecule has 3 heteroatoms. The Morgan fingerprint density at radius 3 is 2.76 bits per heavy atom. The van der Waals surface area contributed by atoms with Crippen LogP contribution in [-0.2, 0) is 6.42 Å². The van der Waals surface area contributed by atoms with Crippen molar-refractivity contribution in [2.24, 2.45) is 0 Å². The van der Waals surface area contributed by atoms with Crippen molar-refractivity contribution in [3.8, 4) is 6.07 Å². The number of nitriles is 1. The SMILES string of the molecule is N#Cc1cccc(NCCc2ccncc2)c1. The van der Waals surface area contributed by atoms with E-state index in [0.29, 0.717) is 5.56 Å². The molecule has 0 fully saturated rings. The molecule has 84 valence electrons. The molecule has 0 amide bonds. The first kappa shape index (κ1) is 11.2. The minimum Gasteiger partial charge on any atom is -0.385 e. The highest BCUT2D eigenvalue weighted by molar-refractivity contribution is 5.49. The van der Waals surface area contributed by atoms with Gasteiger partial charge in [0.05, 0.1) is 11.6 Å². The Kier molecular flexibility index (Phi) is 3.72. The molecular weight excluding hydrogens is 210 g/mol. The summed E-state index contributed by atoms with van der Waals surface area (Å²) in [5.74, 6) is 0. The Morgan fingerprint density at radius 2 is 2.00 bits per heavy atom. The molecule has 0 saturated heterocycles. The molecule has 0 bridgehead atoms. The summed E-state index contributed by atoms with van der Waals surface area (Å²) in [6, 6.07) is 13.6. The number of rotatable bonds is 4. The van der Waals surface area contributed by atoms with E-state index in [4.69, 9.17) is 5.26 Å². The first-order valence-electron chi connectivity index (χ1n) is 5.51. The van der Waals surface area contributed by atoms with Crippen molar-refractivity contribution in [2.75, 3.05) is 11.9 Å². The molecule has 3 nitrogen and oxygen atoms in total. The molecule has 2 aromatic rings. The maximum absolute atomic E-state index is 8.78. The lowest BCUT2D eigenvalue weighted by Crippen LogP contribution is -2.04. The second-order valence-electron chi connectivity index (χ2n) is 3.72. The summed E-state index contributed by atoms with van der Waals surface area (Å²) in [5, 5.41) is 12.1. The van der Waals surface area contributed by atoms with Gasteiger partial charge in [-0.15, -0.1) is 0 Å². The van der Waals surface area contributed by atoms with E-state index in [0.717, 1.165) is 18.7 Å². The number of pyridine rings is 1. The Balaban J connectivity index is 1.88. The summed E-state index contributed by atoms with van der Waals surface area (Å²) in [4.78, 5) is 3.98. The predicted octanol–water partition coefficient (Wildman–Crippen LogP) is 2.61. The lowest BCUT2D eigenvalue weighted by Gasteiger charge is -2.06. The normalized spacial score (nSPS) is 9.59. The van der Waals surface area contributed by atoms with Crippen LogP contribution in [0.3, 0.4) is 0 Å². The maximum Gasteiger partial charge on any atom is 0.0992 e. The van der Waals surface area contributed by atoms with E-state index in [9.17, 15) is 0 Å². The molecular formula is C14H13N3. The molecule has 0 aliphatic heterocycles. The van der Waals surface area contributed by atoms with E-state index in [1.165, 1.54) is 5.56 Å². The van der Waals surface area contributed by atoms with Crippen LogP contribution in [0.2, 0.25) is 0 Å². The highest BCUT2D eigenvalue weighted by Crippen LogP contribution is 2.09.